The molecule has 2 fully saturated rings. The number of amides is 3. The van der Waals surface area contributed by atoms with Crippen LogP contribution in [0.15, 0.2) is 54.6 Å². The van der Waals surface area contributed by atoms with Crippen LogP contribution >= 0.6 is 0 Å². The van der Waals surface area contributed by atoms with Crippen molar-refractivity contribution < 1.29 is 14.4 Å². The Kier molecular flexibility index (Phi) is 6.35. The van der Waals surface area contributed by atoms with Crippen LogP contribution in [0, 0.1) is 11.8 Å². The third-order valence-electron chi connectivity index (χ3n) is 6.58. The number of benzene rings is 2. The van der Waals surface area contributed by atoms with Crippen LogP contribution in [0.1, 0.15) is 36.0 Å². The Hall–Kier alpha value is -3.15. The van der Waals surface area contributed by atoms with Crippen LogP contribution in [0.3, 0.4) is 0 Å². The molecular formula is C25H29N3O3. The summed E-state index contributed by atoms with van der Waals surface area (Å²) in [6, 6.07) is 17.8. The lowest BCUT2D eigenvalue weighted by Gasteiger charge is -2.36. The molecular weight excluding hydrogens is 390 g/mol. The fourth-order valence-electron chi connectivity index (χ4n) is 4.59. The average Bonchev–Trinajstić information content (AvgIpc) is 2.84. The van der Waals surface area contributed by atoms with Gasteiger partial charge in [-0.2, -0.15) is 0 Å². The average molecular weight is 420 g/mol. The van der Waals surface area contributed by atoms with Crippen molar-refractivity contribution in [2.75, 3.05) is 26.2 Å². The van der Waals surface area contributed by atoms with E-state index in [-0.39, 0.29) is 29.6 Å². The molecule has 4 rings (SSSR count). The third-order valence-corrected chi connectivity index (χ3v) is 6.58. The van der Waals surface area contributed by atoms with E-state index in [9.17, 15) is 14.4 Å². The van der Waals surface area contributed by atoms with E-state index in [4.69, 9.17) is 5.73 Å². The highest BCUT2D eigenvalue weighted by molar-refractivity contribution is 5.95. The van der Waals surface area contributed by atoms with E-state index < -0.39 is 0 Å². The number of nitrogens with two attached hydrogens (primary N) is 1. The second-order valence-electron chi connectivity index (χ2n) is 8.51. The molecule has 0 atom stereocenters. The summed E-state index contributed by atoms with van der Waals surface area (Å²) >= 11 is 0. The standard InChI is InChI=1S/C25H29N3O3/c26-23(29)20-10-14-27(15-11-20)25(31)22-12-16-28(17-13-22)24(30)21-8-6-19(7-9-21)18-4-2-1-3-5-18/h1-9,20,22H,10-17H2,(H2,26,29). The molecule has 0 aliphatic carbocycles. The fraction of sp³-hybridized carbons (Fsp3) is 0.400. The molecule has 3 amide bonds. The summed E-state index contributed by atoms with van der Waals surface area (Å²) < 4.78 is 0. The Balaban J connectivity index is 1.30. The van der Waals surface area contributed by atoms with Crippen LogP contribution in [-0.4, -0.2) is 53.7 Å². The highest BCUT2D eigenvalue weighted by Crippen LogP contribution is 2.25. The zero-order chi connectivity index (χ0) is 21.8. The molecule has 0 radical (unpaired) electrons. The van der Waals surface area contributed by atoms with Gasteiger partial charge in [0.05, 0.1) is 0 Å². The summed E-state index contributed by atoms with van der Waals surface area (Å²) in [5, 5.41) is 0. The molecule has 0 spiro atoms. The van der Waals surface area contributed by atoms with Crippen molar-refractivity contribution in [3.8, 4) is 11.1 Å². The summed E-state index contributed by atoms with van der Waals surface area (Å²) in [5.74, 6) is -0.253. The summed E-state index contributed by atoms with van der Waals surface area (Å²) in [4.78, 5) is 40.8. The van der Waals surface area contributed by atoms with Crippen LogP contribution in [0.4, 0.5) is 0 Å². The van der Waals surface area contributed by atoms with Crippen molar-refractivity contribution in [2.45, 2.75) is 25.7 Å². The topological polar surface area (TPSA) is 83.7 Å². The molecule has 6 nitrogen and oxygen atoms in total. The number of carbonyl (C=O) groups excluding carboxylic acids is 3. The minimum absolute atomic E-state index is 0.0211. The van der Waals surface area contributed by atoms with Gasteiger partial charge in [-0.1, -0.05) is 42.5 Å². The van der Waals surface area contributed by atoms with Crippen molar-refractivity contribution in [1.82, 2.24) is 9.80 Å². The lowest BCUT2D eigenvalue weighted by Crippen LogP contribution is -2.47. The van der Waals surface area contributed by atoms with Gasteiger partial charge in [0.1, 0.15) is 0 Å². The summed E-state index contributed by atoms with van der Waals surface area (Å²) in [6.07, 6.45) is 2.67. The Morgan fingerprint density at radius 2 is 1.19 bits per heavy atom. The molecule has 0 saturated carbocycles. The molecule has 31 heavy (non-hydrogen) atoms. The van der Waals surface area contributed by atoms with Gasteiger partial charge in [0.15, 0.2) is 0 Å². The van der Waals surface area contributed by atoms with Gasteiger partial charge in [0, 0.05) is 43.6 Å². The molecule has 6 heteroatoms. The zero-order valence-corrected chi connectivity index (χ0v) is 17.7. The minimum atomic E-state index is -0.268. The molecule has 2 N–H and O–H groups in total. The van der Waals surface area contributed by atoms with Crippen molar-refractivity contribution in [3.63, 3.8) is 0 Å². The van der Waals surface area contributed by atoms with Crippen molar-refractivity contribution in [2.24, 2.45) is 17.6 Å². The number of carbonyl (C=O) groups is 3. The third kappa shape index (κ3) is 4.79. The Bertz CT molecular complexity index is 926. The summed E-state index contributed by atoms with van der Waals surface area (Å²) in [7, 11) is 0. The van der Waals surface area contributed by atoms with Gasteiger partial charge in [-0.3, -0.25) is 14.4 Å². The molecule has 2 saturated heterocycles. The molecule has 162 valence electrons. The van der Waals surface area contributed by atoms with Gasteiger partial charge in [-0.15, -0.1) is 0 Å². The molecule has 0 aromatic heterocycles. The highest BCUT2D eigenvalue weighted by Gasteiger charge is 2.33. The highest BCUT2D eigenvalue weighted by atomic mass is 16.2. The van der Waals surface area contributed by atoms with E-state index in [0.29, 0.717) is 57.4 Å². The predicted molar refractivity (Wildman–Crippen MR) is 119 cm³/mol. The maximum atomic E-state index is 12.9. The van der Waals surface area contributed by atoms with Gasteiger partial charge in [-0.25, -0.2) is 0 Å². The van der Waals surface area contributed by atoms with E-state index in [2.05, 4.69) is 12.1 Å². The first kappa shape index (κ1) is 21.1. The van der Waals surface area contributed by atoms with Crippen LogP contribution in [-0.2, 0) is 9.59 Å². The molecule has 2 aliphatic heterocycles. The summed E-state index contributed by atoms with van der Waals surface area (Å²) in [6.45, 7) is 2.37. The fourth-order valence-corrected chi connectivity index (χ4v) is 4.59. The van der Waals surface area contributed by atoms with Crippen LogP contribution in [0.25, 0.3) is 11.1 Å². The van der Waals surface area contributed by atoms with Gasteiger partial charge < -0.3 is 15.5 Å². The van der Waals surface area contributed by atoms with Gasteiger partial charge in [0.2, 0.25) is 11.8 Å². The van der Waals surface area contributed by atoms with E-state index in [0.717, 1.165) is 11.1 Å². The first-order chi connectivity index (χ1) is 15.0. The first-order valence-electron chi connectivity index (χ1n) is 11.1. The number of piperidine rings is 2. The lowest BCUT2D eigenvalue weighted by molar-refractivity contribution is -0.139. The van der Waals surface area contributed by atoms with Crippen LogP contribution in [0.2, 0.25) is 0 Å². The Labute approximate surface area is 183 Å². The van der Waals surface area contributed by atoms with Gasteiger partial charge >= 0.3 is 0 Å². The van der Waals surface area contributed by atoms with Crippen molar-refractivity contribution >= 4 is 17.7 Å². The summed E-state index contributed by atoms with van der Waals surface area (Å²) in [5.41, 5.74) is 8.27. The van der Waals surface area contributed by atoms with Crippen molar-refractivity contribution in [1.29, 1.82) is 0 Å². The molecule has 2 aromatic rings. The van der Waals surface area contributed by atoms with E-state index in [1.165, 1.54) is 0 Å². The molecule has 2 heterocycles. The van der Waals surface area contributed by atoms with E-state index >= 15 is 0 Å². The SMILES string of the molecule is NC(=O)C1CCN(C(=O)C2CCN(C(=O)c3ccc(-c4ccccc4)cc3)CC2)CC1. The maximum absolute atomic E-state index is 12.9. The second kappa shape index (κ2) is 9.33. The van der Waals surface area contributed by atoms with Gasteiger partial charge in [-0.05, 0) is 48.9 Å². The quantitative estimate of drug-likeness (QED) is 0.827. The number of hydrogen-bond donors (Lipinski definition) is 1. The molecule has 0 bridgehead atoms. The normalized spacial score (nSPS) is 18.1. The minimum Gasteiger partial charge on any atom is -0.369 e. The second-order valence-corrected chi connectivity index (χ2v) is 8.51. The van der Waals surface area contributed by atoms with Crippen LogP contribution in [0.5, 0.6) is 0 Å². The smallest absolute Gasteiger partial charge is 0.253 e. The number of hydrogen-bond acceptors (Lipinski definition) is 3. The van der Waals surface area contributed by atoms with Crippen molar-refractivity contribution in [3.05, 3.63) is 60.2 Å². The zero-order valence-electron chi connectivity index (χ0n) is 17.7. The number of nitrogens with zero attached hydrogens (tertiary/aromatic N) is 2. The predicted octanol–water partition coefficient (Wildman–Crippen LogP) is 2.93. The number of rotatable bonds is 4. The number of primary amides is 1. The monoisotopic (exact) mass is 419 g/mol. The Morgan fingerprint density at radius 1 is 0.677 bits per heavy atom. The molecule has 0 unspecified atom stereocenters. The van der Waals surface area contributed by atoms with E-state index in [1.54, 1.807) is 0 Å². The lowest BCUT2D eigenvalue weighted by atomic mass is 9.91. The molecule has 2 aromatic carbocycles. The van der Waals surface area contributed by atoms with Gasteiger partial charge in [0.25, 0.3) is 5.91 Å². The molecule has 2 aliphatic rings. The maximum Gasteiger partial charge on any atom is 0.253 e. The largest absolute Gasteiger partial charge is 0.369 e. The van der Waals surface area contributed by atoms with E-state index in [1.807, 2.05) is 52.3 Å². The Morgan fingerprint density at radius 3 is 1.77 bits per heavy atom. The first-order valence-corrected chi connectivity index (χ1v) is 11.1. The van der Waals surface area contributed by atoms with Crippen LogP contribution < -0.4 is 5.73 Å². The number of likely N-dealkylation sites (tertiary alicyclic amines) is 2.